The minimum atomic E-state index is -0.317. The van der Waals surface area contributed by atoms with E-state index in [9.17, 15) is 9.18 Å². The van der Waals surface area contributed by atoms with Gasteiger partial charge in [-0.1, -0.05) is 24.3 Å². The Morgan fingerprint density at radius 1 is 1.07 bits per heavy atom. The molecule has 0 aliphatic heterocycles. The molecule has 154 valence electrons. The molecular formula is C23H20BrFN2O3. The van der Waals surface area contributed by atoms with Crippen molar-refractivity contribution in [2.24, 2.45) is 5.10 Å². The van der Waals surface area contributed by atoms with E-state index in [0.717, 1.165) is 11.1 Å². The van der Waals surface area contributed by atoms with E-state index in [1.54, 1.807) is 48.5 Å². The van der Waals surface area contributed by atoms with Crippen LogP contribution in [0.4, 0.5) is 4.39 Å². The Balaban J connectivity index is 1.66. The molecule has 1 N–H and O–H groups in total. The van der Waals surface area contributed by atoms with E-state index in [4.69, 9.17) is 9.47 Å². The number of rotatable bonds is 8. The summed E-state index contributed by atoms with van der Waals surface area (Å²) in [6.45, 7) is 2.63. The van der Waals surface area contributed by atoms with Crippen LogP contribution in [0, 0.1) is 5.82 Å². The predicted molar refractivity (Wildman–Crippen MR) is 118 cm³/mol. The zero-order valence-electron chi connectivity index (χ0n) is 16.3. The monoisotopic (exact) mass is 470 g/mol. The van der Waals surface area contributed by atoms with E-state index >= 15 is 0 Å². The second-order valence-electron chi connectivity index (χ2n) is 6.23. The summed E-state index contributed by atoms with van der Waals surface area (Å²) in [6, 6.07) is 18.6. The van der Waals surface area contributed by atoms with Gasteiger partial charge in [-0.2, -0.15) is 5.10 Å². The molecule has 7 heteroatoms. The summed E-state index contributed by atoms with van der Waals surface area (Å²) in [7, 11) is 0. The third-order valence-electron chi connectivity index (χ3n) is 4.07. The zero-order valence-corrected chi connectivity index (χ0v) is 17.9. The van der Waals surface area contributed by atoms with Crippen LogP contribution in [0.1, 0.15) is 28.4 Å². The van der Waals surface area contributed by atoms with Gasteiger partial charge in [0.15, 0.2) is 11.5 Å². The first-order valence-electron chi connectivity index (χ1n) is 9.29. The Morgan fingerprint density at radius 2 is 1.83 bits per heavy atom. The van der Waals surface area contributed by atoms with Gasteiger partial charge in [0.05, 0.1) is 18.4 Å². The standard InChI is InChI=1S/C23H20BrFN2O3/c1-2-29-22-13-17(14-26-27-23(28)19-5-3-4-6-20(19)24)9-12-21(22)30-15-16-7-10-18(25)11-8-16/h3-14H,2,15H2,1H3,(H,27,28)/b26-14+. The van der Waals surface area contributed by atoms with Gasteiger partial charge in [-0.3, -0.25) is 4.79 Å². The maximum Gasteiger partial charge on any atom is 0.272 e. The van der Waals surface area contributed by atoms with Gasteiger partial charge in [0.1, 0.15) is 12.4 Å². The van der Waals surface area contributed by atoms with Crippen LogP contribution in [0.3, 0.4) is 0 Å². The lowest BCUT2D eigenvalue weighted by Crippen LogP contribution is -2.18. The molecule has 30 heavy (non-hydrogen) atoms. The number of carbonyl (C=O) groups is 1. The molecule has 3 rings (SSSR count). The minimum absolute atomic E-state index is 0.288. The Bertz CT molecular complexity index is 1040. The molecule has 0 radical (unpaired) electrons. The van der Waals surface area contributed by atoms with E-state index in [-0.39, 0.29) is 18.3 Å². The average molecular weight is 471 g/mol. The van der Waals surface area contributed by atoms with Gasteiger partial charge in [-0.25, -0.2) is 9.82 Å². The SMILES string of the molecule is CCOc1cc(/C=N/NC(=O)c2ccccc2Br)ccc1OCc1ccc(F)cc1. The van der Waals surface area contributed by atoms with Crippen molar-refractivity contribution >= 4 is 28.1 Å². The molecule has 3 aromatic carbocycles. The summed E-state index contributed by atoms with van der Waals surface area (Å²) in [5.74, 6) is 0.517. The van der Waals surface area contributed by atoms with Crippen molar-refractivity contribution in [2.45, 2.75) is 13.5 Å². The van der Waals surface area contributed by atoms with Gasteiger partial charge < -0.3 is 9.47 Å². The summed E-state index contributed by atoms with van der Waals surface area (Å²) in [5.41, 5.74) is 4.58. The van der Waals surface area contributed by atoms with Gasteiger partial charge >= 0.3 is 0 Å². The fourth-order valence-corrected chi connectivity index (χ4v) is 3.07. The summed E-state index contributed by atoms with van der Waals surface area (Å²) in [5, 5.41) is 4.01. The van der Waals surface area contributed by atoms with Crippen molar-refractivity contribution in [3.63, 3.8) is 0 Å². The lowest BCUT2D eigenvalue weighted by atomic mass is 10.2. The fraction of sp³-hybridized carbons (Fsp3) is 0.130. The number of halogens is 2. The van der Waals surface area contributed by atoms with Crippen molar-refractivity contribution in [1.29, 1.82) is 0 Å². The second kappa shape index (κ2) is 10.5. The molecule has 0 saturated carbocycles. The Labute approximate surface area is 182 Å². The molecule has 0 aliphatic carbocycles. The number of carbonyl (C=O) groups excluding carboxylic acids is 1. The molecule has 0 unspecified atom stereocenters. The highest BCUT2D eigenvalue weighted by atomic mass is 79.9. The van der Waals surface area contributed by atoms with Crippen LogP contribution in [0.15, 0.2) is 76.3 Å². The smallest absolute Gasteiger partial charge is 0.272 e. The van der Waals surface area contributed by atoms with E-state index < -0.39 is 0 Å². The first kappa shape index (κ1) is 21.5. The van der Waals surface area contributed by atoms with Crippen LogP contribution in [0.25, 0.3) is 0 Å². The maximum absolute atomic E-state index is 13.0. The molecule has 0 bridgehead atoms. The largest absolute Gasteiger partial charge is 0.490 e. The zero-order chi connectivity index (χ0) is 21.3. The van der Waals surface area contributed by atoms with E-state index in [2.05, 4.69) is 26.5 Å². The first-order valence-corrected chi connectivity index (χ1v) is 10.1. The Morgan fingerprint density at radius 3 is 2.57 bits per heavy atom. The normalized spacial score (nSPS) is 10.8. The lowest BCUT2D eigenvalue weighted by molar-refractivity contribution is 0.0954. The number of amides is 1. The van der Waals surface area contributed by atoms with E-state index in [0.29, 0.717) is 28.1 Å². The molecule has 0 saturated heterocycles. The summed E-state index contributed by atoms with van der Waals surface area (Å²) >= 11 is 3.34. The van der Waals surface area contributed by atoms with Crippen molar-refractivity contribution in [2.75, 3.05) is 6.61 Å². The highest BCUT2D eigenvalue weighted by molar-refractivity contribution is 9.10. The van der Waals surface area contributed by atoms with Crippen LogP contribution in [-0.4, -0.2) is 18.7 Å². The van der Waals surface area contributed by atoms with Crippen LogP contribution in [-0.2, 0) is 6.61 Å². The summed E-state index contributed by atoms with van der Waals surface area (Å²) in [4.78, 5) is 12.2. The van der Waals surface area contributed by atoms with Gasteiger partial charge in [-0.05, 0) is 76.4 Å². The molecule has 0 aliphatic rings. The molecule has 3 aromatic rings. The van der Waals surface area contributed by atoms with Crippen LogP contribution in [0.5, 0.6) is 11.5 Å². The molecule has 0 fully saturated rings. The van der Waals surface area contributed by atoms with Crippen molar-refractivity contribution in [3.05, 3.63) is 93.7 Å². The highest BCUT2D eigenvalue weighted by Crippen LogP contribution is 2.29. The van der Waals surface area contributed by atoms with E-state index in [1.807, 2.05) is 13.0 Å². The second-order valence-corrected chi connectivity index (χ2v) is 7.09. The van der Waals surface area contributed by atoms with Crippen LogP contribution >= 0.6 is 15.9 Å². The Kier molecular flexibility index (Phi) is 7.57. The number of benzene rings is 3. The predicted octanol–water partition coefficient (Wildman–Crippen LogP) is 5.33. The highest BCUT2D eigenvalue weighted by Gasteiger charge is 2.09. The van der Waals surface area contributed by atoms with Gasteiger partial charge in [0, 0.05) is 4.47 Å². The molecule has 0 heterocycles. The number of hydrogen-bond acceptors (Lipinski definition) is 4. The third kappa shape index (κ3) is 5.90. The van der Waals surface area contributed by atoms with Crippen molar-refractivity contribution in [1.82, 2.24) is 5.43 Å². The lowest BCUT2D eigenvalue weighted by Gasteiger charge is -2.12. The molecule has 5 nitrogen and oxygen atoms in total. The molecular weight excluding hydrogens is 451 g/mol. The summed E-state index contributed by atoms with van der Waals surface area (Å²) in [6.07, 6.45) is 1.53. The quantitative estimate of drug-likeness (QED) is 0.357. The van der Waals surface area contributed by atoms with Gasteiger partial charge in [-0.15, -0.1) is 0 Å². The number of hydrazone groups is 1. The topological polar surface area (TPSA) is 59.9 Å². The minimum Gasteiger partial charge on any atom is -0.490 e. The Hall–Kier alpha value is -3.19. The average Bonchev–Trinajstić information content (AvgIpc) is 2.75. The van der Waals surface area contributed by atoms with Crippen LogP contribution < -0.4 is 14.9 Å². The van der Waals surface area contributed by atoms with Gasteiger partial charge in [0.2, 0.25) is 0 Å². The number of hydrogen-bond donors (Lipinski definition) is 1. The number of nitrogens with zero attached hydrogens (tertiary/aromatic N) is 1. The van der Waals surface area contributed by atoms with Gasteiger partial charge in [0.25, 0.3) is 5.91 Å². The molecule has 0 atom stereocenters. The van der Waals surface area contributed by atoms with E-state index in [1.165, 1.54) is 18.3 Å². The number of nitrogens with one attached hydrogen (secondary N) is 1. The van der Waals surface area contributed by atoms with Crippen molar-refractivity contribution < 1.29 is 18.7 Å². The third-order valence-corrected chi connectivity index (χ3v) is 4.76. The fourth-order valence-electron chi connectivity index (χ4n) is 2.61. The first-order chi connectivity index (χ1) is 14.6. The molecule has 1 amide bonds. The number of ether oxygens (including phenoxy) is 2. The summed E-state index contributed by atoms with van der Waals surface area (Å²) < 4.78 is 25.2. The molecule has 0 aromatic heterocycles. The van der Waals surface area contributed by atoms with Crippen molar-refractivity contribution in [3.8, 4) is 11.5 Å². The van der Waals surface area contributed by atoms with Crippen LogP contribution in [0.2, 0.25) is 0 Å². The maximum atomic E-state index is 13.0. The molecule has 0 spiro atoms.